The zero-order valence-electron chi connectivity index (χ0n) is 11.5. The zero-order chi connectivity index (χ0) is 13.5. The smallest absolute Gasteiger partial charge is 0.230 e. The highest BCUT2D eigenvalue weighted by Crippen LogP contribution is 2.13. The van der Waals surface area contributed by atoms with Gasteiger partial charge in [-0.15, -0.1) is 0 Å². The number of benzene rings is 1. The van der Waals surface area contributed by atoms with E-state index in [9.17, 15) is 4.79 Å². The Morgan fingerprint density at radius 2 is 1.84 bits per heavy atom. The van der Waals surface area contributed by atoms with Crippen LogP contribution in [0.5, 0.6) is 0 Å². The Labute approximate surface area is 119 Å². The average Bonchev–Trinajstić information content (AvgIpc) is 2.91. The van der Waals surface area contributed by atoms with Crippen LogP contribution in [0, 0.1) is 0 Å². The van der Waals surface area contributed by atoms with E-state index in [1.54, 1.807) is 11.8 Å². The molecule has 4 heteroatoms. The molecule has 1 aromatic carbocycles. The minimum Gasteiger partial charge on any atom is -0.351 e. The van der Waals surface area contributed by atoms with Crippen LogP contribution < -0.4 is 5.32 Å². The highest BCUT2D eigenvalue weighted by atomic mass is 32.2. The fourth-order valence-electron chi connectivity index (χ4n) is 2.34. The van der Waals surface area contributed by atoms with E-state index in [0.29, 0.717) is 12.3 Å². The van der Waals surface area contributed by atoms with Crippen LogP contribution in [0.1, 0.15) is 24.0 Å². The molecule has 1 heterocycles. The van der Waals surface area contributed by atoms with Crippen LogP contribution >= 0.6 is 11.8 Å². The van der Waals surface area contributed by atoms with Gasteiger partial charge in [-0.1, -0.05) is 24.3 Å². The summed E-state index contributed by atoms with van der Waals surface area (Å²) in [6.45, 7) is 4.14. The fraction of sp³-hybridized carbons (Fsp3) is 0.533. The van der Waals surface area contributed by atoms with Crippen molar-refractivity contribution in [1.29, 1.82) is 0 Å². The first kappa shape index (κ1) is 14.4. The molecule has 0 aromatic heterocycles. The molecule has 1 saturated heterocycles. The average molecular weight is 278 g/mol. The predicted molar refractivity (Wildman–Crippen MR) is 81.2 cm³/mol. The van der Waals surface area contributed by atoms with E-state index >= 15 is 0 Å². The van der Waals surface area contributed by atoms with Gasteiger partial charge in [-0.3, -0.25) is 9.69 Å². The molecule has 0 spiro atoms. The first-order valence-corrected chi connectivity index (χ1v) is 8.23. The molecular weight excluding hydrogens is 256 g/mol. The molecule has 0 radical (unpaired) electrons. The third-order valence-electron chi connectivity index (χ3n) is 3.39. The van der Waals surface area contributed by atoms with Gasteiger partial charge in [0.15, 0.2) is 0 Å². The van der Waals surface area contributed by atoms with Crippen molar-refractivity contribution >= 4 is 17.7 Å². The number of carbonyl (C=O) groups excluding carboxylic acids is 1. The van der Waals surface area contributed by atoms with Gasteiger partial charge >= 0.3 is 0 Å². The Morgan fingerprint density at radius 1 is 1.21 bits per heavy atom. The van der Waals surface area contributed by atoms with Crippen molar-refractivity contribution in [3.8, 4) is 0 Å². The Hall–Kier alpha value is -1.00. The van der Waals surface area contributed by atoms with Crippen LogP contribution in [-0.2, 0) is 17.9 Å². The minimum absolute atomic E-state index is 0.105. The fourth-order valence-corrected chi connectivity index (χ4v) is 2.71. The number of amides is 1. The minimum atomic E-state index is 0.105. The van der Waals surface area contributed by atoms with Crippen LogP contribution in [0.4, 0.5) is 0 Å². The number of carbonyl (C=O) groups is 1. The molecule has 1 fully saturated rings. The number of hydrogen-bond acceptors (Lipinski definition) is 3. The first-order valence-electron chi connectivity index (χ1n) is 6.84. The molecule has 1 N–H and O–H groups in total. The Balaban J connectivity index is 1.79. The summed E-state index contributed by atoms with van der Waals surface area (Å²) in [6.07, 6.45) is 4.60. The largest absolute Gasteiger partial charge is 0.351 e. The summed E-state index contributed by atoms with van der Waals surface area (Å²) >= 11 is 1.55. The second kappa shape index (κ2) is 7.56. The number of likely N-dealkylation sites (tertiary alicyclic amines) is 1. The lowest BCUT2D eigenvalue weighted by atomic mass is 10.1. The van der Waals surface area contributed by atoms with Gasteiger partial charge in [0, 0.05) is 13.1 Å². The van der Waals surface area contributed by atoms with Gasteiger partial charge in [-0.05, 0) is 43.3 Å². The Morgan fingerprint density at radius 3 is 2.47 bits per heavy atom. The molecule has 1 aliphatic rings. The van der Waals surface area contributed by atoms with Crippen molar-refractivity contribution in [2.45, 2.75) is 25.9 Å². The van der Waals surface area contributed by atoms with Crippen LogP contribution in [0.2, 0.25) is 0 Å². The molecule has 0 bridgehead atoms. The lowest BCUT2D eigenvalue weighted by Gasteiger charge is -2.14. The second-order valence-electron chi connectivity index (χ2n) is 5.01. The zero-order valence-corrected chi connectivity index (χ0v) is 12.3. The third kappa shape index (κ3) is 4.88. The predicted octanol–water partition coefficient (Wildman–Crippen LogP) is 2.26. The van der Waals surface area contributed by atoms with Gasteiger partial charge in [-0.25, -0.2) is 0 Å². The number of hydrogen-bond donors (Lipinski definition) is 1. The second-order valence-corrected chi connectivity index (χ2v) is 5.88. The van der Waals surface area contributed by atoms with E-state index in [0.717, 1.165) is 6.54 Å². The maximum Gasteiger partial charge on any atom is 0.230 e. The number of rotatable bonds is 6. The molecule has 0 saturated carbocycles. The summed E-state index contributed by atoms with van der Waals surface area (Å²) in [5.41, 5.74) is 2.53. The van der Waals surface area contributed by atoms with Crippen molar-refractivity contribution in [3.63, 3.8) is 0 Å². The molecule has 1 amide bonds. The molecule has 1 aromatic rings. The van der Waals surface area contributed by atoms with Crippen LogP contribution in [0.25, 0.3) is 0 Å². The quantitative estimate of drug-likeness (QED) is 0.866. The van der Waals surface area contributed by atoms with Crippen molar-refractivity contribution in [3.05, 3.63) is 35.4 Å². The van der Waals surface area contributed by atoms with Gasteiger partial charge in [0.2, 0.25) is 5.91 Å². The summed E-state index contributed by atoms with van der Waals surface area (Å²) in [6, 6.07) is 8.58. The normalized spacial score (nSPS) is 15.6. The van der Waals surface area contributed by atoms with E-state index in [-0.39, 0.29) is 5.91 Å². The molecule has 1 aliphatic heterocycles. The molecular formula is C15H22N2OS. The summed E-state index contributed by atoms with van der Waals surface area (Å²) in [5.74, 6) is 0.640. The van der Waals surface area contributed by atoms with E-state index < -0.39 is 0 Å². The van der Waals surface area contributed by atoms with Gasteiger partial charge < -0.3 is 5.32 Å². The number of nitrogens with zero attached hydrogens (tertiary/aromatic N) is 1. The van der Waals surface area contributed by atoms with Crippen LogP contribution in [0.15, 0.2) is 24.3 Å². The lowest BCUT2D eigenvalue weighted by Crippen LogP contribution is -2.24. The van der Waals surface area contributed by atoms with Gasteiger partial charge in [0.25, 0.3) is 0 Å². The molecule has 2 rings (SSSR count). The van der Waals surface area contributed by atoms with Gasteiger partial charge in [0.05, 0.1) is 5.75 Å². The van der Waals surface area contributed by atoms with Crippen molar-refractivity contribution < 1.29 is 4.79 Å². The summed E-state index contributed by atoms with van der Waals surface area (Å²) in [5, 5.41) is 2.92. The Kier molecular flexibility index (Phi) is 5.73. The summed E-state index contributed by atoms with van der Waals surface area (Å²) in [7, 11) is 0. The number of nitrogens with one attached hydrogen (secondary N) is 1. The molecule has 0 atom stereocenters. The lowest BCUT2D eigenvalue weighted by molar-refractivity contribution is -0.118. The topological polar surface area (TPSA) is 32.3 Å². The highest BCUT2D eigenvalue weighted by Gasteiger charge is 2.11. The molecule has 0 unspecified atom stereocenters. The van der Waals surface area contributed by atoms with Gasteiger partial charge in [-0.2, -0.15) is 11.8 Å². The van der Waals surface area contributed by atoms with Crippen molar-refractivity contribution in [2.24, 2.45) is 0 Å². The summed E-state index contributed by atoms with van der Waals surface area (Å²) in [4.78, 5) is 13.9. The maximum atomic E-state index is 11.4. The summed E-state index contributed by atoms with van der Waals surface area (Å²) < 4.78 is 0. The molecule has 19 heavy (non-hydrogen) atoms. The SMILES string of the molecule is CSCC(=O)NCc1ccc(CN2CCCC2)cc1. The van der Waals surface area contributed by atoms with E-state index in [2.05, 4.69) is 34.5 Å². The van der Waals surface area contributed by atoms with Crippen LogP contribution in [-0.4, -0.2) is 35.9 Å². The monoisotopic (exact) mass is 278 g/mol. The Bertz CT molecular complexity index is 399. The first-order chi connectivity index (χ1) is 9.28. The van der Waals surface area contributed by atoms with E-state index in [4.69, 9.17) is 0 Å². The van der Waals surface area contributed by atoms with E-state index in [1.807, 2.05) is 6.26 Å². The van der Waals surface area contributed by atoms with Crippen molar-refractivity contribution in [2.75, 3.05) is 25.1 Å². The number of thioether (sulfide) groups is 1. The van der Waals surface area contributed by atoms with Gasteiger partial charge in [0.1, 0.15) is 0 Å². The van der Waals surface area contributed by atoms with Crippen LogP contribution in [0.3, 0.4) is 0 Å². The van der Waals surface area contributed by atoms with E-state index in [1.165, 1.54) is 37.1 Å². The maximum absolute atomic E-state index is 11.4. The molecule has 0 aliphatic carbocycles. The standard InChI is InChI=1S/C15H22N2OS/c1-19-12-15(18)16-10-13-4-6-14(7-5-13)11-17-8-2-3-9-17/h4-7H,2-3,8-12H2,1H3,(H,16,18). The van der Waals surface area contributed by atoms with Crippen molar-refractivity contribution in [1.82, 2.24) is 10.2 Å². The molecule has 104 valence electrons. The third-order valence-corrected chi connectivity index (χ3v) is 3.94. The molecule has 3 nitrogen and oxygen atoms in total. The highest BCUT2D eigenvalue weighted by molar-refractivity contribution is 7.99.